The lowest BCUT2D eigenvalue weighted by molar-refractivity contribution is 0.0602. The molecule has 0 aliphatic heterocycles. The van der Waals surface area contributed by atoms with Crippen molar-refractivity contribution < 1.29 is 17.9 Å². The first-order valence-electron chi connectivity index (χ1n) is 7.11. The van der Waals surface area contributed by atoms with Gasteiger partial charge < -0.3 is 4.74 Å². The highest BCUT2D eigenvalue weighted by atomic mass is 32.2. The van der Waals surface area contributed by atoms with Crippen molar-refractivity contribution in [2.24, 2.45) is 5.92 Å². The molecular formula is C14H21NO4S2. The van der Waals surface area contributed by atoms with E-state index in [4.69, 9.17) is 0 Å². The fraction of sp³-hybridized carbons (Fsp3) is 0.643. The fourth-order valence-electron chi connectivity index (χ4n) is 2.77. The molecule has 1 aromatic rings. The van der Waals surface area contributed by atoms with E-state index >= 15 is 0 Å². The minimum atomic E-state index is -3.67. The third kappa shape index (κ3) is 3.84. The molecule has 1 N–H and O–H groups in total. The number of rotatable bonds is 6. The van der Waals surface area contributed by atoms with Gasteiger partial charge in [0.15, 0.2) is 0 Å². The second-order valence-corrected chi connectivity index (χ2v) is 7.99. The lowest BCUT2D eigenvalue weighted by Gasteiger charge is -2.11. The average Bonchev–Trinajstić information content (AvgIpc) is 3.07. The van der Waals surface area contributed by atoms with Gasteiger partial charge in [0.2, 0.25) is 10.0 Å². The van der Waals surface area contributed by atoms with Gasteiger partial charge in [0.1, 0.15) is 9.77 Å². The van der Waals surface area contributed by atoms with Crippen LogP contribution in [0.3, 0.4) is 0 Å². The highest BCUT2D eigenvalue weighted by Gasteiger charge is 2.27. The van der Waals surface area contributed by atoms with Crippen LogP contribution in [0.4, 0.5) is 0 Å². The van der Waals surface area contributed by atoms with E-state index in [2.05, 4.69) is 9.46 Å². The number of carbonyl (C=O) groups excluding carboxylic acids is 1. The number of esters is 1. The molecular weight excluding hydrogens is 310 g/mol. The second kappa shape index (κ2) is 6.89. The lowest BCUT2D eigenvalue weighted by Crippen LogP contribution is -2.27. The van der Waals surface area contributed by atoms with Crippen molar-refractivity contribution >= 4 is 27.3 Å². The van der Waals surface area contributed by atoms with Crippen molar-refractivity contribution in [2.75, 3.05) is 13.7 Å². The van der Waals surface area contributed by atoms with Crippen LogP contribution >= 0.6 is 11.3 Å². The van der Waals surface area contributed by atoms with E-state index < -0.39 is 16.0 Å². The van der Waals surface area contributed by atoms with Crippen molar-refractivity contribution in [3.05, 3.63) is 15.8 Å². The molecule has 5 nitrogen and oxygen atoms in total. The summed E-state index contributed by atoms with van der Waals surface area (Å²) in [7, 11) is -2.41. The highest BCUT2D eigenvalue weighted by molar-refractivity contribution is 7.89. The van der Waals surface area contributed by atoms with Crippen LogP contribution in [0.2, 0.25) is 0 Å². The molecule has 0 atom stereocenters. The van der Waals surface area contributed by atoms with Gasteiger partial charge in [-0.3, -0.25) is 0 Å². The molecule has 0 amide bonds. The maximum absolute atomic E-state index is 12.4. The van der Waals surface area contributed by atoms with Gasteiger partial charge in [0.25, 0.3) is 0 Å². The predicted molar refractivity (Wildman–Crippen MR) is 82.2 cm³/mol. The summed E-state index contributed by atoms with van der Waals surface area (Å²) in [6, 6.07) is 0. The van der Waals surface area contributed by atoms with E-state index in [0.717, 1.165) is 17.8 Å². The van der Waals surface area contributed by atoms with E-state index in [1.165, 1.54) is 32.8 Å². The average molecular weight is 331 g/mol. The summed E-state index contributed by atoms with van der Waals surface area (Å²) in [5.74, 6) is 0.0145. The zero-order chi connectivity index (χ0) is 15.5. The van der Waals surface area contributed by atoms with Crippen molar-refractivity contribution in [1.82, 2.24) is 4.72 Å². The van der Waals surface area contributed by atoms with Gasteiger partial charge in [-0.1, -0.05) is 25.7 Å². The third-order valence-electron chi connectivity index (χ3n) is 3.88. The van der Waals surface area contributed by atoms with Gasteiger partial charge in [-0.05, 0) is 30.2 Å². The SMILES string of the molecule is COC(=O)c1scc(C)c1S(=O)(=O)NCCC1CCCC1. The van der Waals surface area contributed by atoms with Gasteiger partial charge in [-0.15, -0.1) is 11.3 Å². The Kier molecular flexibility index (Phi) is 5.40. The number of hydrogen-bond donors (Lipinski definition) is 1. The maximum Gasteiger partial charge on any atom is 0.349 e. The first-order valence-corrected chi connectivity index (χ1v) is 9.48. The smallest absolute Gasteiger partial charge is 0.349 e. The number of aryl methyl sites for hydroxylation is 1. The molecule has 21 heavy (non-hydrogen) atoms. The Morgan fingerprint density at radius 2 is 2.10 bits per heavy atom. The number of thiophene rings is 1. The quantitative estimate of drug-likeness (QED) is 0.814. The first kappa shape index (κ1) is 16.5. The van der Waals surface area contributed by atoms with Crippen molar-refractivity contribution in [3.63, 3.8) is 0 Å². The van der Waals surface area contributed by atoms with Crippen LogP contribution in [0.25, 0.3) is 0 Å². The minimum absolute atomic E-state index is 0.0609. The fourth-order valence-corrected chi connectivity index (χ4v) is 5.52. The Morgan fingerprint density at radius 1 is 1.43 bits per heavy atom. The molecule has 0 spiro atoms. The molecule has 1 aliphatic rings. The molecule has 118 valence electrons. The van der Waals surface area contributed by atoms with E-state index in [1.807, 2.05) is 0 Å². The van der Waals surface area contributed by atoms with Gasteiger partial charge >= 0.3 is 5.97 Å². The van der Waals surface area contributed by atoms with Crippen LogP contribution in [-0.4, -0.2) is 28.0 Å². The molecule has 0 bridgehead atoms. The summed E-state index contributed by atoms with van der Waals surface area (Å²) in [5, 5.41) is 1.66. The first-order chi connectivity index (χ1) is 9.95. The monoisotopic (exact) mass is 331 g/mol. The van der Waals surface area contributed by atoms with Gasteiger partial charge in [-0.2, -0.15) is 0 Å². The van der Waals surface area contributed by atoms with Crippen molar-refractivity contribution in [2.45, 2.75) is 43.9 Å². The molecule has 0 saturated heterocycles. The summed E-state index contributed by atoms with van der Waals surface area (Å²) in [6.45, 7) is 2.11. The Balaban J connectivity index is 2.08. The topological polar surface area (TPSA) is 72.5 Å². The molecule has 0 radical (unpaired) electrons. The second-order valence-electron chi connectivity index (χ2n) is 5.41. The van der Waals surface area contributed by atoms with Crippen LogP contribution in [-0.2, 0) is 14.8 Å². The Morgan fingerprint density at radius 3 is 2.71 bits per heavy atom. The third-order valence-corrected chi connectivity index (χ3v) is 6.73. The zero-order valence-corrected chi connectivity index (χ0v) is 14.0. The number of carbonyl (C=O) groups is 1. The van der Waals surface area contributed by atoms with Crippen molar-refractivity contribution in [1.29, 1.82) is 0 Å². The van der Waals surface area contributed by atoms with Crippen molar-refractivity contribution in [3.8, 4) is 0 Å². The normalized spacial score (nSPS) is 16.3. The zero-order valence-electron chi connectivity index (χ0n) is 12.3. The summed E-state index contributed by atoms with van der Waals surface area (Å²) >= 11 is 1.10. The summed E-state index contributed by atoms with van der Waals surface area (Å²) < 4.78 is 32.1. The van der Waals surface area contributed by atoms with Gasteiger partial charge in [0, 0.05) is 6.54 Å². The molecule has 1 heterocycles. The maximum atomic E-state index is 12.4. The van der Waals surface area contributed by atoms with Gasteiger partial charge in [-0.25, -0.2) is 17.9 Å². The summed E-state index contributed by atoms with van der Waals surface area (Å²) in [6.07, 6.45) is 5.72. The summed E-state index contributed by atoms with van der Waals surface area (Å²) in [5.41, 5.74) is 0.578. The van der Waals surface area contributed by atoms with Crippen LogP contribution < -0.4 is 4.72 Å². The standard InChI is InChI=1S/C14H21NO4S2/c1-10-9-20-12(14(16)19-2)13(10)21(17,18)15-8-7-11-5-3-4-6-11/h9,11,15H,3-8H2,1-2H3. The highest BCUT2D eigenvalue weighted by Crippen LogP contribution is 2.29. The number of sulfonamides is 1. The molecule has 1 saturated carbocycles. The van der Waals surface area contributed by atoms with E-state index in [0.29, 0.717) is 18.0 Å². The number of nitrogens with one attached hydrogen (secondary N) is 1. The Labute approximate surface area is 129 Å². The molecule has 7 heteroatoms. The van der Waals surface area contributed by atoms with Crippen LogP contribution in [0, 0.1) is 12.8 Å². The van der Waals surface area contributed by atoms with E-state index in [9.17, 15) is 13.2 Å². The number of methoxy groups -OCH3 is 1. The molecule has 1 aliphatic carbocycles. The van der Waals surface area contributed by atoms with Crippen LogP contribution in [0.5, 0.6) is 0 Å². The Bertz CT molecular complexity index is 600. The molecule has 0 unspecified atom stereocenters. The van der Waals surface area contributed by atoms with Crippen LogP contribution in [0.1, 0.15) is 47.3 Å². The predicted octanol–water partition coefficient (Wildman–Crippen LogP) is 2.70. The van der Waals surface area contributed by atoms with E-state index in [-0.39, 0.29) is 9.77 Å². The van der Waals surface area contributed by atoms with E-state index in [1.54, 1.807) is 12.3 Å². The van der Waals surface area contributed by atoms with Gasteiger partial charge in [0.05, 0.1) is 7.11 Å². The summed E-state index contributed by atoms with van der Waals surface area (Å²) in [4.78, 5) is 11.9. The molecule has 1 aromatic heterocycles. The minimum Gasteiger partial charge on any atom is -0.465 e. The molecule has 2 rings (SSSR count). The molecule has 1 fully saturated rings. The largest absolute Gasteiger partial charge is 0.465 e. The molecule has 0 aromatic carbocycles. The number of hydrogen-bond acceptors (Lipinski definition) is 5. The van der Waals surface area contributed by atoms with Crippen LogP contribution in [0.15, 0.2) is 10.3 Å². The lowest BCUT2D eigenvalue weighted by atomic mass is 10.1. The number of ether oxygens (including phenoxy) is 1. The Hall–Kier alpha value is -0.920.